The van der Waals surface area contributed by atoms with E-state index in [4.69, 9.17) is 9.47 Å². The minimum Gasteiger partial charge on any atom is -0.490 e. The highest BCUT2D eigenvalue weighted by molar-refractivity contribution is 5.44. The summed E-state index contributed by atoms with van der Waals surface area (Å²) in [5, 5.41) is 0. The molecular weight excluding hydrogens is 267 g/mol. The van der Waals surface area contributed by atoms with Crippen molar-refractivity contribution < 1.29 is 13.9 Å². The van der Waals surface area contributed by atoms with Gasteiger partial charge >= 0.3 is 0 Å². The van der Waals surface area contributed by atoms with Gasteiger partial charge in [0.05, 0.1) is 13.2 Å². The summed E-state index contributed by atoms with van der Waals surface area (Å²) in [6.07, 6.45) is 3.87. The largest absolute Gasteiger partial charge is 0.490 e. The van der Waals surface area contributed by atoms with Crippen LogP contribution in [-0.4, -0.2) is 13.2 Å². The molecule has 0 atom stereocenters. The van der Waals surface area contributed by atoms with Crippen molar-refractivity contribution >= 4 is 0 Å². The summed E-state index contributed by atoms with van der Waals surface area (Å²) in [6, 6.07) is 3.19. The summed E-state index contributed by atoms with van der Waals surface area (Å²) >= 11 is 0. The molecule has 0 spiro atoms. The molecule has 116 valence electrons. The van der Waals surface area contributed by atoms with Gasteiger partial charge < -0.3 is 9.47 Å². The summed E-state index contributed by atoms with van der Waals surface area (Å²) in [5.74, 6) is 6.91. The van der Waals surface area contributed by atoms with E-state index in [0.29, 0.717) is 43.1 Å². The molecule has 0 unspecified atom stereocenters. The van der Waals surface area contributed by atoms with E-state index in [1.807, 2.05) is 20.8 Å². The van der Waals surface area contributed by atoms with Gasteiger partial charge in [0.1, 0.15) is 5.82 Å². The number of hydrogen-bond acceptors (Lipinski definition) is 2. The number of hydrogen-bond donors (Lipinski definition) is 0. The van der Waals surface area contributed by atoms with Crippen LogP contribution in [0.4, 0.5) is 4.39 Å². The Morgan fingerprint density at radius 1 is 0.952 bits per heavy atom. The average molecular weight is 292 g/mol. The van der Waals surface area contributed by atoms with Gasteiger partial charge in [-0.3, -0.25) is 0 Å². The Balaban J connectivity index is 2.88. The van der Waals surface area contributed by atoms with E-state index >= 15 is 0 Å². The first-order chi connectivity index (χ1) is 10.2. The summed E-state index contributed by atoms with van der Waals surface area (Å²) in [5.41, 5.74) is 0.635. The monoisotopic (exact) mass is 292 g/mol. The topological polar surface area (TPSA) is 18.5 Å². The lowest BCUT2D eigenvalue weighted by Gasteiger charge is -2.14. The number of rotatable bonds is 8. The molecule has 3 heteroatoms. The second-order valence-corrected chi connectivity index (χ2v) is 4.79. The zero-order valence-corrected chi connectivity index (χ0v) is 13.3. The van der Waals surface area contributed by atoms with Gasteiger partial charge in [0.2, 0.25) is 0 Å². The molecule has 0 radical (unpaired) electrons. The van der Waals surface area contributed by atoms with Crippen LogP contribution in [0.5, 0.6) is 11.5 Å². The predicted octanol–water partition coefficient (Wildman–Crippen LogP) is 4.75. The lowest BCUT2D eigenvalue weighted by atomic mass is 10.1. The fourth-order valence-electron chi connectivity index (χ4n) is 1.83. The molecule has 0 saturated carbocycles. The molecular formula is C18H25FO2. The number of aryl methyl sites for hydroxylation is 1. The van der Waals surface area contributed by atoms with Crippen molar-refractivity contribution in [2.45, 2.75) is 52.9 Å². The molecule has 0 saturated heterocycles. The first kappa shape index (κ1) is 17.4. The molecule has 0 aromatic heterocycles. The second-order valence-electron chi connectivity index (χ2n) is 4.79. The summed E-state index contributed by atoms with van der Waals surface area (Å²) in [6.45, 7) is 7.22. The van der Waals surface area contributed by atoms with Gasteiger partial charge in [-0.15, -0.1) is 11.8 Å². The molecule has 1 rings (SSSR count). The van der Waals surface area contributed by atoms with Crippen LogP contribution in [0.2, 0.25) is 0 Å². The quantitative estimate of drug-likeness (QED) is 0.644. The standard InChI is InChI=1S/C18H25FO2/c1-4-7-8-9-10-15-13-17(20-11-5-2)18(14-16(15)19)21-12-6-3/h13-14H,4-6,9-12H2,1-3H3. The van der Waals surface area contributed by atoms with Crippen LogP contribution in [0.15, 0.2) is 12.1 Å². The van der Waals surface area contributed by atoms with Crippen LogP contribution in [-0.2, 0) is 6.42 Å². The minimum atomic E-state index is -0.247. The van der Waals surface area contributed by atoms with E-state index in [0.717, 1.165) is 19.3 Å². The van der Waals surface area contributed by atoms with Crippen LogP contribution in [0.3, 0.4) is 0 Å². The first-order valence-electron chi connectivity index (χ1n) is 7.76. The molecule has 1 aromatic carbocycles. The summed E-state index contributed by atoms with van der Waals surface area (Å²) in [7, 11) is 0. The molecule has 1 aromatic rings. The molecule has 0 N–H and O–H groups in total. The van der Waals surface area contributed by atoms with E-state index in [1.165, 1.54) is 6.07 Å². The number of halogens is 1. The Morgan fingerprint density at radius 2 is 1.57 bits per heavy atom. The zero-order valence-electron chi connectivity index (χ0n) is 13.3. The maximum absolute atomic E-state index is 14.1. The smallest absolute Gasteiger partial charge is 0.164 e. The molecule has 0 aliphatic rings. The van der Waals surface area contributed by atoms with Crippen LogP contribution in [0, 0.1) is 17.7 Å². The van der Waals surface area contributed by atoms with Crippen molar-refractivity contribution in [2.75, 3.05) is 13.2 Å². The van der Waals surface area contributed by atoms with Crippen LogP contribution < -0.4 is 9.47 Å². The molecule has 0 fully saturated rings. The molecule has 0 aliphatic carbocycles. The van der Waals surface area contributed by atoms with Crippen molar-refractivity contribution in [2.24, 2.45) is 0 Å². The SMILES string of the molecule is CCC#CCCc1cc(OCCC)c(OCCC)cc1F. The molecule has 21 heavy (non-hydrogen) atoms. The van der Waals surface area contributed by atoms with Crippen LogP contribution in [0.1, 0.15) is 52.0 Å². The van der Waals surface area contributed by atoms with Crippen molar-refractivity contribution in [3.05, 3.63) is 23.5 Å². The number of benzene rings is 1. The first-order valence-corrected chi connectivity index (χ1v) is 7.76. The minimum absolute atomic E-state index is 0.247. The Hall–Kier alpha value is -1.69. The molecule has 0 heterocycles. The van der Waals surface area contributed by atoms with Gasteiger partial charge in [-0.2, -0.15) is 0 Å². The van der Waals surface area contributed by atoms with E-state index in [-0.39, 0.29) is 5.82 Å². The third-order valence-electron chi connectivity index (χ3n) is 2.86. The number of ether oxygens (including phenoxy) is 2. The Kier molecular flexibility index (Phi) is 8.35. The Bertz CT molecular complexity index is 486. The van der Waals surface area contributed by atoms with Gasteiger partial charge in [0.25, 0.3) is 0 Å². The zero-order chi connectivity index (χ0) is 15.5. The highest BCUT2D eigenvalue weighted by atomic mass is 19.1. The molecule has 0 amide bonds. The van der Waals surface area contributed by atoms with Gasteiger partial charge in [0.15, 0.2) is 11.5 Å². The summed E-state index contributed by atoms with van der Waals surface area (Å²) < 4.78 is 25.4. The average Bonchev–Trinajstić information content (AvgIpc) is 2.49. The normalized spacial score (nSPS) is 9.90. The van der Waals surface area contributed by atoms with Crippen molar-refractivity contribution in [1.82, 2.24) is 0 Å². The van der Waals surface area contributed by atoms with Crippen LogP contribution >= 0.6 is 0 Å². The maximum Gasteiger partial charge on any atom is 0.164 e. The molecule has 0 aliphatic heterocycles. The van der Waals surface area contributed by atoms with Crippen molar-refractivity contribution in [3.8, 4) is 23.3 Å². The van der Waals surface area contributed by atoms with Crippen LogP contribution in [0.25, 0.3) is 0 Å². The predicted molar refractivity (Wildman–Crippen MR) is 84.4 cm³/mol. The third-order valence-corrected chi connectivity index (χ3v) is 2.86. The van der Waals surface area contributed by atoms with E-state index in [1.54, 1.807) is 6.07 Å². The maximum atomic E-state index is 14.1. The van der Waals surface area contributed by atoms with Crippen molar-refractivity contribution in [1.29, 1.82) is 0 Å². The van der Waals surface area contributed by atoms with E-state index in [9.17, 15) is 4.39 Å². The highest BCUT2D eigenvalue weighted by Gasteiger charge is 2.12. The molecule has 0 bridgehead atoms. The Labute approximate surface area is 127 Å². The van der Waals surface area contributed by atoms with Gasteiger partial charge in [-0.25, -0.2) is 4.39 Å². The van der Waals surface area contributed by atoms with Gasteiger partial charge in [-0.05, 0) is 30.9 Å². The third kappa shape index (κ3) is 6.08. The van der Waals surface area contributed by atoms with Crippen molar-refractivity contribution in [3.63, 3.8) is 0 Å². The van der Waals surface area contributed by atoms with Gasteiger partial charge in [-0.1, -0.05) is 20.8 Å². The van der Waals surface area contributed by atoms with E-state index < -0.39 is 0 Å². The Morgan fingerprint density at radius 3 is 2.14 bits per heavy atom. The summed E-state index contributed by atoms with van der Waals surface area (Å²) in [4.78, 5) is 0. The fraction of sp³-hybridized carbons (Fsp3) is 0.556. The lowest BCUT2D eigenvalue weighted by molar-refractivity contribution is 0.266. The molecule has 2 nitrogen and oxygen atoms in total. The van der Waals surface area contributed by atoms with Gasteiger partial charge in [0, 0.05) is 18.9 Å². The lowest BCUT2D eigenvalue weighted by Crippen LogP contribution is -2.03. The highest BCUT2D eigenvalue weighted by Crippen LogP contribution is 2.31. The second kappa shape index (κ2) is 10.1. The van der Waals surface area contributed by atoms with E-state index in [2.05, 4.69) is 11.8 Å². The fourth-order valence-corrected chi connectivity index (χ4v) is 1.83.